The highest BCUT2D eigenvalue weighted by Crippen LogP contribution is 2.30. The predicted octanol–water partition coefficient (Wildman–Crippen LogP) is 5.28. The number of nitrogens with zero attached hydrogens (tertiary/aromatic N) is 1. The first-order valence-corrected chi connectivity index (χ1v) is 11.1. The number of hydrogen-bond acceptors (Lipinski definition) is 4. The number of hydrogen-bond donors (Lipinski definition) is 0. The molecule has 3 aromatic carbocycles. The molecule has 4 rings (SSSR count). The molecule has 0 aromatic heterocycles. The van der Waals surface area contributed by atoms with Gasteiger partial charge in [-0.05, 0) is 54.8 Å². The molecule has 0 unspecified atom stereocenters. The van der Waals surface area contributed by atoms with Crippen molar-refractivity contribution in [2.45, 2.75) is 19.9 Å². The second-order valence-electron chi connectivity index (χ2n) is 7.35. The lowest BCUT2D eigenvalue weighted by Gasteiger charge is -2.31. The van der Waals surface area contributed by atoms with Gasteiger partial charge in [-0.25, -0.2) is 0 Å². The van der Waals surface area contributed by atoms with Crippen LogP contribution in [-0.2, 0) is 13.0 Å². The largest absolute Gasteiger partial charge is 0.490 e. The summed E-state index contributed by atoms with van der Waals surface area (Å²) in [6.07, 6.45) is 1.01. The van der Waals surface area contributed by atoms with Crippen molar-refractivity contribution >= 4 is 17.2 Å². The Hall–Kier alpha value is -3.05. The van der Waals surface area contributed by atoms with Crippen molar-refractivity contribution < 1.29 is 14.2 Å². The maximum Gasteiger partial charge on any atom is 0.161 e. The van der Waals surface area contributed by atoms with E-state index in [0.717, 1.165) is 35.8 Å². The molecule has 1 aliphatic rings. The van der Waals surface area contributed by atoms with Gasteiger partial charge in [0.25, 0.3) is 0 Å². The van der Waals surface area contributed by atoms with Crippen LogP contribution in [-0.4, -0.2) is 36.3 Å². The van der Waals surface area contributed by atoms with E-state index in [0.29, 0.717) is 31.3 Å². The molecule has 0 bridgehead atoms. The van der Waals surface area contributed by atoms with E-state index in [1.165, 1.54) is 11.1 Å². The standard InChI is InChI=1S/C26H27NO3S/c1-2-28-25-18-21(26(31)27-15-14-20-8-6-7-9-22(20)19-27)12-13-24(25)30-17-16-29-23-10-4-3-5-11-23/h3-13,18H,2,14-17,19H2,1H3. The third-order valence-electron chi connectivity index (χ3n) is 5.26. The van der Waals surface area contributed by atoms with Gasteiger partial charge >= 0.3 is 0 Å². The van der Waals surface area contributed by atoms with Crippen LogP contribution < -0.4 is 14.2 Å². The molecule has 0 spiro atoms. The fraction of sp³-hybridized carbons (Fsp3) is 0.269. The maximum atomic E-state index is 5.93. The minimum absolute atomic E-state index is 0.432. The van der Waals surface area contributed by atoms with Crippen molar-refractivity contribution in [3.8, 4) is 17.2 Å². The average Bonchev–Trinajstić information content (AvgIpc) is 2.82. The molecular formula is C26H27NO3S. The smallest absolute Gasteiger partial charge is 0.161 e. The first kappa shape index (κ1) is 21.2. The van der Waals surface area contributed by atoms with Crippen LogP contribution in [0.25, 0.3) is 0 Å². The molecular weight excluding hydrogens is 406 g/mol. The Bertz CT molecular complexity index is 1020. The van der Waals surface area contributed by atoms with Gasteiger partial charge in [-0.2, -0.15) is 0 Å². The molecule has 0 radical (unpaired) electrons. The molecule has 0 N–H and O–H groups in total. The van der Waals surface area contributed by atoms with Crippen LogP contribution in [0, 0.1) is 0 Å². The van der Waals surface area contributed by atoms with Crippen molar-refractivity contribution in [1.29, 1.82) is 0 Å². The van der Waals surface area contributed by atoms with Crippen LogP contribution in [0.1, 0.15) is 23.6 Å². The first-order valence-electron chi connectivity index (χ1n) is 10.7. The van der Waals surface area contributed by atoms with Crippen LogP contribution in [0.3, 0.4) is 0 Å². The van der Waals surface area contributed by atoms with E-state index in [4.69, 9.17) is 26.4 Å². The lowest BCUT2D eigenvalue weighted by molar-refractivity contribution is 0.208. The number of para-hydroxylation sites is 1. The molecule has 5 heteroatoms. The summed E-state index contributed by atoms with van der Waals surface area (Å²) in [7, 11) is 0. The van der Waals surface area contributed by atoms with Gasteiger partial charge < -0.3 is 19.1 Å². The third kappa shape index (κ3) is 5.36. The predicted molar refractivity (Wildman–Crippen MR) is 127 cm³/mol. The zero-order chi connectivity index (χ0) is 21.5. The third-order valence-corrected chi connectivity index (χ3v) is 5.76. The second-order valence-corrected chi connectivity index (χ2v) is 7.74. The SMILES string of the molecule is CCOc1cc(C(=S)N2CCc3ccccc3C2)ccc1OCCOc1ccccc1. The fourth-order valence-corrected chi connectivity index (χ4v) is 3.99. The van der Waals surface area contributed by atoms with Gasteiger partial charge in [0.05, 0.1) is 6.61 Å². The zero-order valence-corrected chi connectivity index (χ0v) is 18.6. The zero-order valence-electron chi connectivity index (χ0n) is 17.8. The number of benzene rings is 3. The molecule has 0 saturated heterocycles. The lowest BCUT2D eigenvalue weighted by Crippen LogP contribution is -2.35. The Labute approximate surface area is 189 Å². The normalized spacial score (nSPS) is 12.7. The summed E-state index contributed by atoms with van der Waals surface area (Å²) in [6.45, 7) is 5.19. The highest BCUT2D eigenvalue weighted by molar-refractivity contribution is 7.80. The Morgan fingerprint density at radius 1 is 0.839 bits per heavy atom. The van der Waals surface area contributed by atoms with Gasteiger partial charge in [0.15, 0.2) is 11.5 Å². The van der Waals surface area contributed by atoms with Crippen LogP contribution in [0.4, 0.5) is 0 Å². The van der Waals surface area contributed by atoms with Crippen molar-refractivity contribution in [1.82, 2.24) is 4.90 Å². The molecule has 160 valence electrons. The van der Waals surface area contributed by atoms with Gasteiger partial charge in [0.2, 0.25) is 0 Å². The molecule has 0 amide bonds. The molecule has 1 heterocycles. The summed E-state index contributed by atoms with van der Waals surface area (Å²) in [6, 6.07) is 24.2. The van der Waals surface area contributed by atoms with E-state index in [1.54, 1.807) is 0 Å². The number of rotatable bonds is 8. The van der Waals surface area contributed by atoms with E-state index in [1.807, 2.05) is 55.5 Å². The van der Waals surface area contributed by atoms with Crippen molar-refractivity contribution in [2.24, 2.45) is 0 Å². The summed E-state index contributed by atoms with van der Waals surface area (Å²) in [5, 5.41) is 0. The van der Waals surface area contributed by atoms with E-state index in [9.17, 15) is 0 Å². The molecule has 0 saturated carbocycles. The van der Waals surface area contributed by atoms with Crippen molar-refractivity contribution in [3.05, 3.63) is 89.5 Å². The average molecular weight is 434 g/mol. The van der Waals surface area contributed by atoms with Gasteiger partial charge in [-0.15, -0.1) is 0 Å². The Kier molecular flexibility index (Phi) is 7.05. The molecule has 0 aliphatic carbocycles. The van der Waals surface area contributed by atoms with Gasteiger partial charge in [-0.1, -0.05) is 54.7 Å². The highest BCUT2D eigenvalue weighted by atomic mass is 32.1. The summed E-state index contributed by atoms with van der Waals surface area (Å²) in [5.41, 5.74) is 3.74. The summed E-state index contributed by atoms with van der Waals surface area (Å²) in [4.78, 5) is 3.10. The number of thiocarbonyl (C=S) groups is 1. The van der Waals surface area contributed by atoms with Gasteiger partial charge in [0.1, 0.15) is 24.0 Å². The van der Waals surface area contributed by atoms with E-state index in [2.05, 4.69) is 29.2 Å². The monoisotopic (exact) mass is 433 g/mol. The van der Waals surface area contributed by atoms with E-state index < -0.39 is 0 Å². The van der Waals surface area contributed by atoms with Crippen LogP contribution in [0.15, 0.2) is 72.8 Å². The summed E-state index contributed by atoms with van der Waals surface area (Å²) in [5.74, 6) is 2.24. The van der Waals surface area contributed by atoms with E-state index in [-0.39, 0.29) is 0 Å². The summed E-state index contributed by atoms with van der Waals surface area (Å²) < 4.78 is 17.5. The van der Waals surface area contributed by atoms with Crippen molar-refractivity contribution in [3.63, 3.8) is 0 Å². The summed E-state index contributed by atoms with van der Waals surface area (Å²) >= 11 is 5.83. The minimum Gasteiger partial charge on any atom is -0.490 e. The van der Waals surface area contributed by atoms with E-state index >= 15 is 0 Å². The van der Waals surface area contributed by atoms with Gasteiger partial charge in [0, 0.05) is 18.7 Å². The fourth-order valence-electron chi connectivity index (χ4n) is 3.71. The highest BCUT2D eigenvalue weighted by Gasteiger charge is 2.20. The van der Waals surface area contributed by atoms with Crippen LogP contribution in [0.5, 0.6) is 17.2 Å². The number of ether oxygens (including phenoxy) is 3. The lowest BCUT2D eigenvalue weighted by atomic mass is 9.99. The van der Waals surface area contributed by atoms with Crippen LogP contribution >= 0.6 is 12.2 Å². The Balaban J connectivity index is 1.40. The molecule has 4 nitrogen and oxygen atoms in total. The minimum atomic E-state index is 0.432. The molecule has 1 aliphatic heterocycles. The maximum absolute atomic E-state index is 5.93. The molecule has 3 aromatic rings. The molecule has 0 atom stereocenters. The number of fused-ring (bicyclic) bond motifs is 1. The van der Waals surface area contributed by atoms with Crippen LogP contribution in [0.2, 0.25) is 0 Å². The molecule has 0 fully saturated rings. The second kappa shape index (κ2) is 10.3. The van der Waals surface area contributed by atoms with Gasteiger partial charge in [-0.3, -0.25) is 0 Å². The Morgan fingerprint density at radius 3 is 2.39 bits per heavy atom. The molecule has 31 heavy (non-hydrogen) atoms. The quantitative estimate of drug-likeness (QED) is 0.356. The van der Waals surface area contributed by atoms with Crippen molar-refractivity contribution in [2.75, 3.05) is 26.4 Å². The topological polar surface area (TPSA) is 30.9 Å². The first-order chi connectivity index (χ1) is 15.2. The Morgan fingerprint density at radius 2 is 1.58 bits per heavy atom.